The van der Waals surface area contributed by atoms with E-state index in [9.17, 15) is 14.7 Å². The van der Waals surface area contributed by atoms with Crippen LogP contribution in [0.4, 0.5) is 5.69 Å². The van der Waals surface area contributed by atoms with Gasteiger partial charge in [0.1, 0.15) is 0 Å². The summed E-state index contributed by atoms with van der Waals surface area (Å²) in [7, 11) is 1.22. The second-order valence-corrected chi connectivity index (χ2v) is 3.62. The normalized spacial score (nSPS) is 11.7. The van der Waals surface area contributed by atoms with Gasteiger partial charge in [0, 0.05) is 19.0 Å². The maximum absolute atomic E-state index is 11.0. The molecule has 0 heterocycles. The third-order valence-corrected chi connectivity index (χ3v) is 2.15. The number of ether oxygens (including phenoxy) is 1. The van der Waals surface area contributed by atoms with E-state index in [4.69, 9.17) is 0 Å². The second-order valence-electron chi connectivity index (χ2n) is 3.62. The number of esters is 1. The van der Waals surface area contributed by atoms with E-state index in [0.29, 0.717) is 5.69 Å². The first-order valence-electron chi connectivity index (χ1n) is 5.15. The molecule has 0 fully saturated rings. The molecule has 0 radical (unpaired) electrons. The van der Waals surface area contributed by atoms with Crippen LogP contribution in [-0.4, -0.2) is 30.2 Å². The topological polar surface area (TPSA) is 75.6 Å². The number of rotatable bonds is 4. The van der Waals surface area contributed by atoms with E-state index in [-0.39, 0.29) is 12.3 Å². The number of nitrogens with one attached hydrogen (secondary N) is 1. The van der Waals surface area contributed by atoms with Gasteiger partial charge in [-0.05, 0) is 17.7 Å². The van der Waals surface area contributed by atoms with Gasteiger partial charge >= 0.3 is 5.97 Å². The molecule has 0 aliphatic carbocycles. The summed E-state index contributed by atoms with van der Waals surface area (Å²) < 4.78 is 4.42. The molecule has 0 aromatic heterocycles. The zero-order chi connectivity index (χ0) is 12.8. The summed E-state index contributed by atoms with van der Waals surface area (Å²) in [6.45, 7) is 1.41. The average molecular weight is 237 g/mol. The Bertz CT molecular complexity index is 417. The summed E-state index contributed by atoms with van der Waals surface area (Å²) >= 11 is 0. The lowest BCUT2D eigenvalue weighted by atomic mass is 10.1. The number of hydrogen-bond acceptors (Lipinski definition) is 4. The van der Waals surface area contributed by atoms with Crippen molar-refractivity contribution < 1.29 is 19.4 Å². The Balaban J connectivity index is 2.71. The molecule has 1 aromatic rings. The first-order chi connectivity index (χ1) is 8.02. The van der Waals surface area contributed by atoms with Crippen molar-refractivity contribution in [3.63, 3.8) is 0 Å². The Labute approximate surface area is 99.4 Å². The molecule has 5 heteroatoms. The molecule has 0 bridgehead atoms. The molecule has 0 spiro atoms. The largest absolute Gasteiger partial charge is 0.467 e. The summed E-state index contributed by atoms with van der Waals surface area (Å²) in [6.07, 6.45) is -1.03. The Hall–Kier alpha value is -1.88. The van der Waals surface area contributed by atoms with Crippen molar-refractivity contribution in [3.8, 4) is 0 Å². The van der Waals surface area contributed by atoms with Crippen LogP contribution >= 0.6 is 0 Å². The maximum atomic E-state index is 11.0. The molecule has 1 aromatic carbocycles. The lowest BCUT2D eigenvalue weighted by molar-refractivity contribution is -0.150. The van der Waals surface area contributed by atoms with E-state index < -0.39 is 12.1 Å². The SMILES string of the molecule is COC(=O)C(O)Cc1cccc(NC(C)=O)c1. The van der Waals surface area contributed by atoms with Gasteiger partial charge in [-0.1, -0.05) is 12.1 Å². The smallest absolute Gasteiger partial charge is 0.335 e. The van der Waals surface area contributed by atoms with Crippen LogP contribution in [0.3, 0.4) is 0 Å². The number of carbonyl (C=O) groups is 2. The molecule has 0 saturated carbocycles. The van der Waals surface area contributed by atoms with Crippen LogP contribution in [-0.2, 0) is 20.7 Å². The van der Waals surface area contributed by atoms with Gasteiger partial charge in [0.15, 0.2) is 6.10 Å². The van der Waals surface area contributed by atoms with Crippen molar-refractivity contribution in [2.75, 3.05) is 12.4 Å². The molecular formula is C12H15NO4. The molecule has 92 valence electrons. The summed E-state index contributed by atoms with van der Waals surface area (Å²) in [5.74, 6) is -0.842. The number of anilines is 1. The van der Waals surface area contributed by atoms with Crippen molar-refractivity contribution >= 4 is 17.6 Å². The van der Waals surface area contributed by atoms with Gasteiger partial charge in [0.25, 0.3) is 0 Å². The summed E-state index contributed by atoms with van der Waals surface area (Å²) in [4.78, 5) is 21.9. The van der Waals surface area contributed by atoms with Crippen LogP contribution in [0.25, 0.3) is 0 Å². The highest BCUT2D eigenvalue weighted by Crippen LogP contribution is 2.12. The fourth-order valence-corrected chi connectivity index (χ4v) is 1.42. The van der Waals surface area contributed by atoms with Gasteiger partial charge < -0.3 is 15.2 Å². The fourth-order valence-electron chi connectivity index (χ4n) is 1.42. The van der Waals surface area contributed by atoms with Crippen LogP contribution in [0.5, 0.6) is 0 Å². The minimum absolute atomic E-state index is 0.153. The first kappa shape index (κ1) is 13.2. The molecule has 1 atom stereocenters. The van der Waals surface area contributed by atoms with Crippen molar-refractivity contribution in [2.24, 2.45) is 0 Å². The number of carbonyl (C=O) groups excluding carboxylic acids is 2. The predicted molar refractivity (Wildman–Crippen MR) is 62.5 cm³/mol. The van der Waals surface area contributed by atoms with E-state index in [1.807, 2.05) is 0 Å². The fraction of sp³-hybridized carbons (Fsp3) is 0.333. The molecule has 0 saturated heterocycles. The van der Waals surface area contributed by atoms with Crippen LogP contribution in [0.1, 0.15) is 12.5 Å². The highest BCUT2D eigenvalue weighted by molar-refractivity contribution is 5.88. The first-order valence-corrected chi connectivity index (χ1v) is 5.15. The highest BCUT2D eigenvalue weighted by atomic mass is 16.5. The van der Waals surface area contributed by atoms with Crippen LogP contribution in [0.15, 0.2) is 24.3 Å². The molecule has 1 amide bonds. The molecular weight excluding hydrogens is 222 g/mol. The Kier molecular flexibility index (Phi) is 4.66. The summed E-state index contributed by atoms with van der Waals surface area (Å²) in [6, 6.07) is 6.94. The zero-order valence-corrected chi connectivity index (χ0v) is 9.77. The van der Waals surface area contributed by atoms with E-state index in [1.54, 1.807) is 24.3 Å². The summed E-state index contributed by atoms with van der Waals surface area (Å²) in [5, 5.41) is 12.1. The highest BCUT2D eigenvalue weighted by Gasteiger charge is 2.15. The number of benzene rings is 1. The standard InChI is InChI=1S/C12H15NO4/c1-8(14)13-10-5-3-4-9(6-10)7-11(15)12(16)17-2/h3-6,11,15H,7H2,1-2H3,(H,13,14). The van der Waals surface area contributed by atoms with E-state index in [1.165, 1.54) is 14.0 Å². The average Bonchev–Trinajstić information content (AvgIpc) is 2.27. The number of aliphatic hydroxyl groups is 1. The minimum atomic E-state index is -1.19. The Morgan fingerprint density at radius 1 is 1.47 bits per heavy atom. The van der Waals surface area contributed by atoms with E-state index in [0.717, 1.165) is 5.56 Å². The number of amides is 1. The lowest BCUT2D eigenvalue weighted by Gasteiger charge is -2.09. The van der Waals surface area contributed by atoms with Crippen molar-refractivity contribution in [1.82, 2.24) is 0 Å². The third kappa shape index (κ3) is 4.24. The van der Waals surface area contributed by atoms with E-state index in [2.05, 4.69) is 10.1 Å². The Morgan fingerprint density at radius 2 is 2.18 bits per heavy atom. The zero-order valence-electron chi connectivity index (χ0n) is 9.77. The predicted octanol–water partition coefficient (Wildman–Crippen LogP) is 0.721. The molecule has 0 aliphatic rings. The number of hydrogen-bond donors (Lipinski definition) is 2. The van der Waals surface area contributed by atoms with Crippen molar-refractivity contribution in [2.45, 2.75) is 19.4 Å². The Morgan fingerprint density at radius 3 is 2.76 bits per heavy atom. The van der Waals surface area contributed by atoms with E-state index >= 15 is 0 Å². The quantitative estimate of drug-likeness (QED) is 0.757. The third-order valence-electron chi connectivity index (χ3n) is 2.15. The van der Waals surface area contributed by atoms with Crippen molar-refractivity contribution in [3.05, 3.63) is 29.8 Å². The molecule has 1 unspecified atom stereocenters. The second kappa shape index (κ2) is 6.00. The van der Waals surface area contributed by atoms with Gasteiger partial charge in [-0.2, -0.15) is 0 Å². The minimum Gasteiger partial charge on any atom is -0.467 e. The van der Waals surface area contributed by atoms with Gasteiger partial charge in [0.05, 0.1) is 7.11 Å². The molecule has 0 aliphatic heterocycles. The molecule has 17 heavy (non-hydrogen) atoms. The number of methoxy groups -OCH3 is 1. The summed E-state index contributed by atoms with van der Waals surface area (Å²) in [5.41, 5.74) is 1.38. The van der Waals surface area contributed by atoms with Gasteiger partial charge in [-0.25, -0.2) is 4.79 Å². The molecule has 1 rings (SSSR count). The molecule has 5 nitrogen and oxygen atoms in total. The van der Waals surface area contributed by atoms with Gasteiger partial charge in [0.2, 0.25) is 5.91 Å². The lowest BCUT2D eigenvalue weighted by Crippen LogP contribution is -2.24. The van der Waals surface area contributed by atoms with Crippen LogP contribution in [0.2, 0.25) is 0 Å². The van der Waals surface area contributed by atoms with Gasteiger partial charge in [-0.3, -0.25) is 4.79 Å². The monoisotopic (exact) mass is 237 g/mol. The van der Waals surface area contributed by atoms with Crippen LogP contribution < -0.4 is 5.32 Å². The van der Waals surface area contributed by atoms with Gasteiger partial charge in [-0.15, -0.1) is 0 Å². The van der Waals surface area contributed by atoms with Crippen LogP contribution in [0, 0.1) is 0 Å². The van der Waals surface area contributed by atoms with Crippen molar-refractivity contribution in [1.29, 1.82) is 0 Å². The number of aliphatic hydroxyl groups excluding tert-OH is 1. The molecule has 2 N–H and O–H groups in total. The maximum Gasteiger partial charge on any atom is 0.335 e.